The summed E-state index contributed by atoms with van der Waals surface area (Å²) in [6, 6.07) is 9.25. The highest BCUT2D eigenvalue weighted by molar-refractivity contribution is 5.92. The Morgan fingerprint density at radius 3 is 2.43 bits per heavy atom. The second-order valence-electron chi connectivity index (χ2n) is 4.79. The Labute approximate surface area is 126 Å². The van der Waals surface area contributed by atoms with E-state index in [9.17, 15) is 4.79 Å². The monoisotopic (exact) mass is 286 g/mol. The third kappa shape index (κ3) is 5.05. The normalized spacial score (nSPS) is 10.8. The Morgan fingerprint density at radius 2 is 1.95 bits per heavy atom. The van der Waals surface area contributed by atoms with E-state index >= 15 is 0 Å². The maximum absolute atomic E-state index is 12.3. The molecule has 0 saturated heterocycles. The first-order chi connectivity index (χ1) is 10.2. The molecule has 0 spiro atoms. The molecule has 1 N–H and O–H groups in total. The highest BCUT2D eigenvalue weighted by atomic mass is 16.3. The van der Waals surface area contributed by atoms with E-state index in [4.69, 9.17) is 10.4 Å². The molecule has 1 rings (SSSR count). The van der Waals surface area contributed by atoms with E-state index in [0.717, 1.165) is 18.4 Å². The molecule has 112 valence electrons. The summed E-state index contributed by atoms with van der Waals surface area (Å²) in [6.07, 6.45) is 4.99. The highest BCUT2D eigenvalue weighted by Gasteiger charge is 2.18. The summed E-state index contributed by atoms with van der Waals surface area (Å²) in [4.78, 5) is 14.0. The third-order valence-electron chi connectivity index (χ3n) is 3.47. The molecule has 0 aromatic heterocycles. The van der Waals surface area contributed by atoms with Gasteiger partial charge in [-0.3, -0.25) is 4.79 Å². The molecule has 0 bridgehead atoms. The van der Waals surface area contributed by atoms with Crippen LogP contribution in [0.25, 0.3) is 6.08 Å². The van der Waals surface area contributed by atoms with Crippen molar-refractivity contribution in [2.75, 3.05) is 13.2 Å². The van der Waals surface area contributed by atoms with Crippen molar-refractivity contribution in [1.29, 1.82) is 5.26 Å². The highest BCUT2D eigenvalue weighted by Crippen LogP contribution is 2.11. The lowest BCUT2D eigenvalue weighted by molar-refractivity contribution is -0.128. The summed E-state index contributed by atoms with van der Waals surface area (Å²) in [7, 11) is 0. The van der Waals surface area contributed by atoms with Gasteiger partial charge in [0.25, 0.3) is 0 Å². The predicted octanol–water partition coefficient (Wildman–Crippen LogP) is 2.58. The number of amides is 1. The van der Waals surface area contributed by atoms with Crippen molar-refractivity contribution < 1.29 is 9.90 Å². The van der Waals surface area contributed by atoms with Crippen molar-refractivity contribution in [3.63, 3.8) is 0 Å². The standard InChI is InChI=1S/C17H22N2O2/c1-3-16(4-2)19(11-12-20)17(21)10-9-14-5-7-15(13-18)8-6-14/h5-10,16,20H,3-4,11-12H2,1-2H3. The molecule has 1 aromatic carbocycles. The van der Waals surface area contributed by atoms with Gasteiger partial charge in [0.2, 0.25) is 5.91 Å². The summed E-state index contributed by atoms with van der Waals surface area (Å²) < 4.78 is 0. The van der Waals surface area contributed by atoms with E-state index in [2.05, 4.69) is 6.07 Å². The summed E-state index contributed by atoms with van der Waals surface area (Å²) in [6.45, 7) is 4.39. The van der Waals surface area contributed by atoms with E-state index in [-0.39, 0.29) is 18.6 Å². The van der Waals surface area contributed by atoms with Gasteiger partial charge in [0, 0.05) is 18.7 Å². The Balaban J connectivity index is 2.79. The lowest BCUT2D eigenvalue weighted by Crippen LogP contribution is -2.40. The number of hydrogen-bond donors (Lipinski definition) is 1. The van der Waals surface area contributed by atoms with E-state index < -0.39 is 0 Å². The fourth-order valence-electron chi connectivity index (χ4n) is 2.24. The van der Waals surface area contributed by atoms with Gasteiger partial charge in [-0.1, -0.05) is 26.0 Å². The maximum Gasteiger partial charge on any atom is 0.246 e. The van der Waals surface area contributed by atoms with E-state index in [1.165, 1.54) is 6.08 Å². The van der Waals surface area contributed by atoms with Gasteiger partial charge < -0.3 is 10.0 Å². The van der Waals surface area contributed by atoms with Crippen LogP contribution in [-0.4, -0.2) is 35.1 Å². The molecule has 4 heteroatoms. The van der Waals surface area contributed by atoms with E-state index in [1.807, 2.05) is 13.8 Å². The number of nitriles is 1. The Morgan fingerprint density at radius 1 is 1.33 bits per heavy atom. The van der Waals surface area contributed by atoms with Crippen LogP contribution in [-0.2, 0) is 4.79 Å². The van der Waals surface area contributed by atoms with Crippen molar-refractivity contribution in [1.82, 2.24) is 4.90 Å². The molecule has 0 aliphatic rings. The first kappa shape index (κ1) is 16.9. The fourth-order valence-corrected chi connectivity index (χ4v) is 2.24. The summed E-state index contributed by atoms with van der Waals surface area (Å²) in [5, 5.41) is 17.9. The predicted molar refractivity (Wildman–Crippen MR) is 83.4 cm³/mol. The summed E-state index contributed by atoms with van der Waals surface area (Å²) in [5.74, 6) is -0.0953. The molecule has 0 saturated carbocycles. The van der Waals surface area contributed by atoms with E-state index in [0.29, 0.717) is 12.1 Å². The molecule has 0 heterocycles. The number of nitrogens with zero attached hydrogens (tertiary/aromatic N) is 2. The lowest BCUT2D eigenvalue weighted by Gasteiger charge is -2.29. The van der Waals surface area contributed by atoms with Gasteiger partial charge in [0.1, 0.15) is 0 Å². The van der Waals surface area contributed by atoms with Crippen LogP contribution in [0.2, 0.25) is 0 Å². The third-order valence-corrected chi connectivity index (χ3v) is 3.47. The molecular formula is C17H22N2O2. The Kier molecular flexibility index (Phi) is 7.20. The van der Waals surface area contributed by atoms with Crippen LogP contribution < -0.4 is 0 Å². The van der Waals surface area contributed by atoms with Crippen molar-refractivity contribution in [3.8, 4) is 6.07 Å². The molecular weight excluding hydrogens is 264 g/mol. The van der Waals surface area contributed by atoms with Crippen molar-refractivity contribution in [2.24, 2.45) is 0 Å². The van der Waals surface area contributed by atoms with E-state index in [1.54, 1.807) is 35.2 Å². The largest absolute Gasteiger partial charge is 0.395 e. The summed E-state index contributed by atoms with van der Waals surface area (Å²) >= 11 is 0. The molecule has 4 nitrogen and oxygen atoms in total. The van der Waals surface area contributed by atoms with Crippen molar-refractivity contribution >= 4 is 12.0 Å². The zero-order chi connectivity index (χ0) is 15.7. The molecule has 0 unspecified atom stereocenters. The van der Waals surface area contributed by atoms with Gasteiger partial charge in [-0.05, 0) is 36.6 Å². The quantitative estimate of drug-likeness (QED) is 0.784. The number of carbonyl (C=O) groups excluding carboxylic acids is 1. The number of hydrogen-bond acceptors (Lipinski definition) is 3. The minimum atomic E-state index is -0.0953. The minimum Gasteiger partial charge on any atom is -0.395 e. The smallest absolute Gasteiger partial charge is 0.246 e. The summed E-state index contributed by atoms with van der Waals surface area (Å²) in [5.41, 5.74) is 1.47. The Hall–Kier alpha value is -2.12. The number of carbonyl (C=O) groups is 1. The van der Waals surface area contributed by atoms with Crippen LogP contribution >= 0.6 is 0 Å². The van der Waals surface area contributed by atoms with Crippen LogP contribution in [0.3, 0.4) is 0 Å². The molecule has 0 aliphatic heterocycles. The molecule has 0 aliphatic carbocycles. The zero-order valence-corrected chi connectivity index (χ0v) is 12.6. The topological polar surface area (TPSA) is 64.3 Å². The van der Waals surface area contributed by atoms with Crippen molar-refractivity contribution in [2.45, 2.75) is 32.7 Å². The zero-order valence-electron chi connectivity index (χ0n) is 12.6. The van der Waals surface area contributed by atoms with Gasteiger partial charge in [-0.15, -0.1) is 0 Å². The molecule has 0 radical (unpaired) electrons. The average molecular weight is 286 g/mol. The average Bonchev–Trinajstić information content (AvgIpc) is 2.53. The van der Waals surface area contributed by atoms with Crippen LogP contribution in [0, 0.1) is 11.3 Å². The van der Waals surface area contributed by atoms with Crippen LogP contribution in [0.4, 0.5) is 0 Å². The maximum atomic E-state index is 12.3. The number of benzene rings is 1. The molecule has 0 fully saturated rings. The molecule has 1 aromatic rings. The number of aliphatic hydroxyl groups excluding tert-OH is 1. The Bertz CT molecular complexity index is 511. The second-order valence-corrected chi connectivity index (χ2v) is 4.79. The van der Waals surface area contributed by atoms with Crippen LogP contribution in [0.15, 0.2) is 30.3 Å². The van der Waals surface area contributed by atoms with Crippen LogP contribution in [0.1, 0.15) is 37.8 Å². The molecule has 21 heavy (non-hydrogen) atoms. The van der Waals surface area contributed by atoms with Gasteiger partial charge in [0.15, 0.2) is 0 Å². The molecule has 0 atom stereocenters. The van der Waals surface area contributed by atoms with Gasteiger partial charge in [-0.2, -0.15) is 5.26 Å². The number of rotatable bonds is 7. The van der Waals surface area contributed by atoms with Crippen LogP contribution in [0.5, 0.6) is 0 Å². The molecule has 1 amide bonds. The number of aliphatic hydroxyl groups is 1. The first-order valence-electron chi connectivity index (χ1n) is 7.25. The SMILES string of the molecule is CCC(CC)N(CCO)C(=O)C=Cc1ccc(C#N)cc1. The minimum absolute atomic E-state index is 0.0348. The van der Waals surface area contributed by atoms with Crippen molar-refractivity contribution in [3.05, 3.63) is 41.5 Å². The second kappa shape index (κ2) is 8.93. The lowest BCUT2D eigenvalue weighted by atomic mass is 10.1. The van der Waals surface area contributed by atoms with Gasteiger partial charge >= 0.3 is 0 Å². The van der Waals surface area contributed by atoms with Gasteiger partial charge in [-0.25, -0.2) is 0 Å². The first-order valence-corrected chi connectivity index (χ1v) is 7.25. The van der Waals surface area contributed by atoms with Gasteiger partial charge in [0.05, 0.1) is 18.2 Å². The fraction of sp³-hybridized carbons (Fsp3) is 0.412.